The molecule has 3 heteroatoms. The summed E-state index contributed by atoms with van der Waals surface area (Å²) < 4.78 is 5.94. The Morgan fingerprint density at radius 2 is 1.79 bits per heavy atom. The number of aryl methyl sites for hydroxylation is 1. The Kier molecular flexibility index (Phi) is 4.35. The van der Waals surface area contributed by atoms with Crippen molar-refractivity contribution in [1.82, 2.24) is 0 Å². The number of benzene rings is 2. The van der Waals surface area contributed by atoms with Gasteiger partial charge in [0.05, 0.1) is 19.1 Å². The van der Waals surface area contributed by atoms with E-state index in [4.69, 9.17) is 4.74 Å². The molecule has 1 atom stereocenters. The number of amides is 1. The van der Waals surface area contributed by atoms with Crippen LogP contribution >= 0.6 is 0 Å². The van der Waals surface area contributed by atoms with Gasteiger partial charge in [-0.1, -0.05) is 42.5 Å². The second kappa shape index (κ2) is 6.78. The fourth-order valence-electron chi connectivity index (χ4n) is 3.86. The normalized spacial score (nSPS) is 20.0. The zero-order valence-corrected chi connectivity index (χ0v) is 13.9. The van der Waals surface area contributed by atoms with Crippen molar-refractivity contribution in [2.45, 2.75) is 38.2 Å². The second-order valence-corrected chi connectivity index (χ2v) is 6.64. The lowest BCUT2D eigenvalue weighted by molar-refractivity contribution is -0.121. The van der Waals surface area contributed by atoms with Gasteiger partial charge in [0, 0.05) is 12.2 Å². The van der Waals surface area contributed by atoms with E-state index in [1.54, 1.807) is 0 Å². The van der Waals surface area contributed by atoms with Crippen LogP contribution in [0.1, 0.15) is 42.1 Å². The van der Waals surface area contributed by atoms with Crippen LogP contribution in [0.2, 0.25) is 0 Å². The van der Waals surface area contributed by atoms with Crippen molar-refractivity contribution in [2.75, 3.05) is 18.1 Å². The van der Waals surface area contributed by atoms with E-state index in [9.17, 15) is 4.79 Å². The Morgan fingerprint density at radius 3 is 2.71 bits per heavy atom. The minimum Gasteiger partial charge on any atom is -0.373 e. The monoisotopic (exact) mass is 321 g/mol. The lowest BCUT2D eigenvalue weighted by Crippen LogP contribution is -2.34. The fraction of sp³-hybridized carbons (Fsp3) is 0.381. The largest absolute Gasteiger partial charge is 0.373 e. The number of ether oxygens (including phenoxy) is 1. The van der Waals surface area contributed by atoms with Gasteiger partial charge in [-0.25, -0.2) is 0 Å². The molecule has 124 valence electrons. The Hall–Kier alpha value is -2.13. The molecule has 0 fully saturated rings. The molecule has 0 saturated heterocycles. The Morgan fingerprint density at radius 1 is 1.00 bits per heavy atom. The third-order valence-electron chi connectivity index (χ3n) is 5.11. The highest BCUT2D eigenvalue weighted by atomic mass is 16.5. The summed E-state index contributed by atoms with van der Waals surface area (Å²) in [6, 6.07) is 16.7. The summed E-state index contributed by atoms with van der Waals surface area (Å²) in [7, 11) is 0. The molecule has 2 aromatic rings. The SMILES string of the molecule is O=C(CC1OCCc2ccccc21)N1CCCCc2ccccc21. The molecular weight excluding hydrogens is 298 g/mol. The molecule has 1 unspecified atom stereocenters. The summed E-state index contributed by atoms with van der Waals surface area (Å²) in [5, 5.41) is 0. The van der Waals surface area contributed by atoms with Crippen molar-refractivity contribution < 1.29 is 9.53 Å². The van der Waals surface area contributed by atoms with Gasteiger partial charge in [0.15, 0.2) is 0 Å². The van der Waals surface area contributed by atoms with Crippen LogP contribution in [0, 0.1) is 0 Å². The number of nitrogens with zero attached hydrogens (tertiary/aromatic N) is 1. The van der Waals surface area contributed by atoms with Crippen LogP contribution < -0.4 is 4.90 Å². The van der Waals surface area contributed by atoms with Crippen molar-refractivity contribution in [3.05, 3.63) is 65.2 Å². The van der Waals surface area contributed by atoms with Crippen molar-refractivity contribution >= 4 is 11.6 Å². The highest BCUT2D eigenvalue weighted by Gasteiger charge is 2.27. The van der Waals surface area contributed by atoms with Crippen LogP contribution in [-0.4, -0.2) is 19.1 Å². The van der Waals surface area contributed by atoms with Gasteiger partial charge < -0.3 is 9.64 Å². The van der Waals surface area contributed by atoms with Gasteiger partial charge in [0.25, 0.3) is 0 Å². The maximum atomic E-state index is 13.0. The zero-order valence-electron chi connectivity index (χ0n) is 13.9. The number of carbonyl (C=O) groups is 1. The van der Waals surface area contributed by atoms with E-state index in [1.165, 1.54) is 16.7 Å². The molecule has 1 amide bonds. The summed E-state index contributed by atoms with van der Waals surface area (Å²) >= 11 is 0. The van der Waals surface area contributed by atoms with E-state index in [1.807, 2.05) is 17.0 Å². The Bertz CT molecular complexity index is 740. The molecule has 2 aliphatic heterocycles. The average Bonchev–Trinajstić information content (AvgIpc) is 2.84. The molecule has 0 aromatic heterocycles. The molecule has 2 aromatic carbocycles. The number of carbonyl (C=O) groups excluding carboxylic acids is 1. The first-order valence-electron chi connectivity index (χ1n) is 8.90. The van der Waals surface area contributed by atoms with Crippen molar-refractivity contribution in [3.63, 3.8) is 0 Å². The van der Waals surface area contributed by atoms with Gasteiger partial charge in [0.1, 0.15) is 0 Å². The molecule has 2 heterocycles. The molecule has 0 saturated carbocycles. The smallest absolute Gasteiger partial charge is 0.229 e. The lowest BCUT2D eigenvalue weighted by atomic mass is 9.95. The standard InChI is InChI=1S/C21H23NO2/c23-21(15-20-18-10-3-1-7-16(18)12-14-24-20)22-13-6-5-9-17-8-2-4-11-19(17)22/h1-4,7-8,10-11,20H,5-6,9,12-15H2. The van der Waals surface area contributed by atoms with E-state index in [0.717, 1.165) is 37.9 Å². The molecule has 0 N–H and O–H groups in total. The number of hydrogen-bond acceptors (Lipinski definition) is 2. The molecule has 0 aliphatic carbocycles. The van der Waals surface area contributed by atoms with Gasteiger partial charge in [0.2, 0.25) is 5.91 Å². The number of fused-ring (bicyclic) bond motifs is 2. The summed E-state index contributed by atoms with van der Waals surface area (Å²) in [5.41, 5.74) is 4.87. The van der Waals surface area contributed by atoms with Crippen molar-refractivity contribution in [2.24, 2.45) is 0 Å². The predicted molar refractivity (Wildman–Crippen MR) is 95.2 cm³/mol. The number of rotatable bonds is 2. The molecule has 0 spiro atoms. The fourth-order valence-corrected chi connectivity index (χ4v) is 3.86. The van der Waals surface area contributed by atoms with Crippen LogP contribution in [0.4, 0.5) is 5.69 Å². The summed E-state index contributed by atoms with van der Waals surface area (Å²) in [6.07, 6.45) is 4.51. The van der Waals surface area contributed by atoms with E-state index in [0.29, 0.717) is 13.0 Å². The van der Waals surface area contributed by atoms with Gasteiger partial charge in [-0.15, -0.1) is 0 Å². The van der Waals surface area contributed by atoms with Crippen molar-refractivity contribution in [1.29, 1.82) is 0 Å². The number of para-hydroxylation sites is 1. The van der Waals surface area contributed by atoms with E-state index in [2.05, 4.69) is 36.4 Å². The topological polar surface area (TPSA) is 29.5 Å². The third kappa shape index (κ3) is 2.96. The summed E-state index contributed by atoms with van der Waals surface area (Å²) in [6.45, 7) is 1.51. The van der Waals surface area contributed by atoms with Crippen LogP contribution in [0.3, 0.4) is 0 Å². The van der Waals surface area contributed by atoms with Gasteiger partial charge >= 0.3 is 0 Å². The van der Waals surface area contributed by atoms with E-state index < -0.39 is 0 Å². The second-order valence-electron chi connectivity index (χ2n) is 6.64. The molecule has 3 nitrogen and oxygen atoms in total. The van der Waals surface area contributed by atoms with Crippen molar-refractivity contribution in [3.8, 4) is 0 Å². The molecule has 4 rings (SSSR count). The summed E-state index contributed by atoms with van der Waals surface area (Å²) in [4.78, 5) is 15.0. The third-order valence-corrected chi connectivity index (χ3v) is 5.11. The van der Waals surface area contributed by atoms with Gasteiger partial charge in [-0.05, 0) is 48.4 Å². The maximum Gasteiger partial charge on any atom is 0.229 e. The van der Waals surface area contributed by atoms with Crippen LogP contribution in [0.15, 0.2) is 48.5 Å². The minimum absolute atomic E-state index is 0.113. The number of anilines is 1. The molecular formula is C21H23NO2. The van der Waals surface area contributed by atoms with E-state index >= 15 is 0 Å². The summed E-state index contributed by atoms with van der Waals surface area (Å²) in [5.74, 6) is 0.172. The minimum atomic E-state index is -0.113. The van der Waals surface area contributed by atoms with Gasteiger partial charge in [-0.2, -0.15) is 0 Å². The average molecular weight is 321 g/mol. The predicted octanol–water partition coefficient (Wildman–Crippen LogP) is 4.06. The first-order valence-corrected chi connectivity index (χ1v) is 8.90. The Labute approximate surface area is 143 Å². The highest BCUT2D eigenvalue weighted by molar-refractivity contribution is 5.94. The van der Waals surface area contributed by atoms with Gasteiger partial charge in [-0.3, -0.25) is 4.79 Å². The molecule has 24 heavy (non-hydrogen) atoms. The van der Waals surface area contributed by atoms with Crippen LogP contribution in [0.5, 0.6) is 0 Å². The maximum absolute atomic E-state index is 13.0. The quantitative estimate of drug-likeness (QED) is 0.835. The van der Waals surface area contributed by atoms with Crippen LogP contribution in [0.25, 0.3) is 0 Å². The zero-order chi connectivity index (χ0) is 16.4. The molecule has 2 aliphatic rings. The number of hydrogen-bond donors (Lipinski definition) is 0. The Balaban J connectivity index is 1.57. The van der Waals surface area contributed by atoms with E-state index in [-0.39, 0.29) is 12.0 Å². The highest BCUT2D eigenvalue weighted by Crippen LogP contribution is 2.32. The first-order chi connectivity index (χ1) is 11.8. The molecule has 0 radical (unpaired) electrons. The molecule has 0 bridgehead atoms. The lowest BCUT2D eigenvalue weighted by Gasteiger charge is -2.29. The van der Waals surface area contributed by atoms with Crippen LogP contribution in [-0.2, 0) is 22.4 Å². The first kappa shape index (κ1) is 15.4.